The lowest BCUT2D eigenvalue weighted by atomic mass is 10.0. The molecule has 0 saturated heterocycles. The van der Waals surface area contributed by atoms with E-state index >= 15 is 0 Å². The minimum atomic E-state index is -5.19. The van der Waals surface area contributed by atoms with E-state index in [0.29, 0.717) is 6.42 Å². The molecule has 0 aromatic rings. The molecule has 0 amide bonds. The SMILES string of the molecule is CCCCCCCCCCCCCCCCOC(C(=O)[O-])C(C(=O)[O-])S(=O)(=O)O. The van der Waals surface area contributed by atoms with Gasteiger partial charge in [0.1, 0.15) is 6.10 Å². The highest BCUT2D eigenvalue weighted by atomic mass is 32.2. The molecule has 0 heterocycles. The van der Waals surface area contributed by atoms with E-state index in [1.54, 1.807) is 0 Å². The summed E-state index contributed by atoms with van der Waals surface area (Å²) in [6.45, 7) is 2.07. The summed E-state index contributed by atoms with van der Waals surface area (Å²) in [7, 11) is -5.19. The Kier molecular flexibility index (Phi) is 15.9. The van der Waals surface area contributed by atoms with Crippen LogP contribution in [-0.4, -0.2) is 42.9 Å². The predicted octanol–water partition coefficient (Wildman–Crippen LogP) is 1.61. The van der Waals surface area contributed by atoms with E-state index in [2.05, 4.69) is 6.92 Å². The van der Waals surface area contributed by atoms with Gasteiger partial charge >= 0.3 is 0 Å². The second-order valence-electron chi connectivity index (χ2n) is 7.46. The summed E-state index contributed by atoms with van der Waals surface area (Å²) >= 11 is 0. The van der Waals surface area contributed by atoms with Crippen molar-refractivity contribution in [2.24, 2.45) is 0 Å². The number of carboxylic acid groups (broad SMARTS) is 2. The van der Waals surface area contributed by atoms with Gasteiger partial charge in [0.2, 0.25) is 0 Å². The maximum absolute atomic E-state index is 11.0. The van der Waals surface area contributed by atoms with Gasteiger partial charge in [0, 0.05) is 6.61 Å². The topological polar surface area (TPSA) is 144 Å². The fourth-order valence-corrected chi connectivity index (χ4v) is 3.93. The van der Waals surface area contributed by atoms with E-state index in [9.17, 15) is 28.2 Å². The normalized spacial score (nSPS) is 13.9. The zero-order valence-corrected chi connectivity index (χ0v) is 18.3. The van der Waals surface area contributed by atoms with Gasteiger partial charge in [-0.25, -0.2) is 0 Å². The number of hydrogen-bond acceptors (Lipinski definition) is 7. The van der Waals surface area contributed by atoms with Gasteiger partial charge < -0.3 is 24.5 Å². The number of ether oxygens (including phenoxy) is 1. The molecule has 9 heteroatoms. The summed E-state index contributed by atoms with van der Waals surface area (Å²) in [5.41, 5.74) is 0. The Morgan fingerprint density at radius 3 is 1.45 bits per heavy atom. The maximum atomic E-state index is 11.0. The van der Waals surface area contributed by atoms with Crippen molar-refractivity contribution >= 4 is 22.1 Å². The van der Waals surface area contributed by atoms with Crippen LogP contribution in [0.1, 0.15) is 96.8 Å². The van der Waals surface area contributed by atoms with Crippen LogP contribution in [0.4, 0.5) is 0 Å². The fraction of sp³-hybridized carbons (Fsp3) is 0.900. The van der Waals surface area contributed by atoms with Gasteiger partial charge in [0.25, 0.3) is 10.1 Å². The standard InChI is InChI=1S/C20H38O8S/c1-2-3-4-5-6-7-8-9-10-11-12-13-14-15-16-28-17(19(21)22)18(20(23)24)29(25,26)27/h17-18H,2-16H2,1H3,(H,21,22)(H,23,24)(H,25,26,27)/p-2. The van der Waals surface area contributed by atoms with E-state index in [-0.39, 0.29) is 6.61 Å². The Bertz CT molecular complexity index is 547. The molecule has 0 bridgehead atoms. The van der Waals surface area contributed by atoms with Crippen molar-refractivity contribution in [3.05, 3.63) is 0 Å². The first kappa shape index (κ1) is 27.8. The highest BCUT2D eigenvalue weighted by molar-refractivity contribution is 7.87. The molecule has 0 aromatic carbocycles. The molecule has 0 aromatic heterocycles. The van der Waals surface area contributed by atoms with Gasteiger partial charge in [-0.1, -0.05) is 90.4 Å². The van der Waals surface area contributed by atoms with Crippen molar-refractivity contribution < 1.29 is 37.5 Å². The number of aliphatic carboxylic acids is 2. The minimum Gasteiger partial charge on any atom is -0.549 e. The summed E-state index contributed by atoms with van der Waals surface area (Å²) in [6, 6.07) is 0. The number of unbranched alkanes of at least 4 members (excludes halogenated alkanes) is 13. The fourth-order valence-electron chi connectivity index (χ4n) is 3.19. The molecule has 172 valence electrons. The molecule has 0 spiro atoms. The van der Waals surface area contributed by atoms with Gasteiger partial charge in [-0.2, -0.15) is 8.42 Å². The maximum Gasteiger partial charge on any atom is 0.276 e. The largest absolute Gasteiger partial charge is 0.549 e. The molecule has 0 aliphatic carbocycles. The number of hydrogen-bond donors (Lipinski definition) is 1. The summed E-state index contributed by atoms with van der Waals surface area (Å²) in [6.07, 6.45) is 13.6. The lowest BCUT2D eigenvalue weighted by Gasteiger charge is -2.26. The minimum absolute atomic E-state index is 0.143. The quantitative estimate of drug-likeness (QED) is 0.224. The molecule has 0 rings (SSSR count). The number of carbonyl (C=O) groups excluding carboxylic acids is 2. The molecule has 2 atom stereocenters. The van der Waals surface area contributed by atoms with Crippen LogP contribution in [0, 0.1) is 0 Å². The van der Waals surface area contributed by atoms with Crippen molar-refractivity contribution in [2.45, 2.75) is 108 Å². The molecule has 2 unspecified atom stereocenters. The Hall–Kier alpha value is -1.19. The predicted molar refractivity (Wildman–Crippen MR) is 105 cm³/mol. The molecule has 29 heavy (non-hydrogen) atoms. The summed E-state index contributed by atoms with van der Waals surface area (Å²) in [4.78, 5) is 21.8. The van der Waals surface area contributed by atoms with E-state index < -0.39 is 33.4 Å². The molecule has 1 N–H and O–H groups in total. The van der Waals surface area contributed by atoms with Crippen LogP contribution in [0.3, 0.4) is 0 Å². The first-order valence-electron chi connectivity index (χ1n) is 10.7. The van der Waals surface area contributed by atoms with Crippen LogP contribution in [-0.2, 0) is 24.4 Å². The van der Waals surface area contributed by atoms with Crippen molar-refractivity contribution in [1.29, 1.82) is 0 Å². The zero-order valence-electron chi connectivity index (χ0n) is 17.5. The number of rotatable bonds is 20. The van der Waals surface area contributed by atoms with Gasteiger partial charge in [-0.3, -0.25) is 4.55 Å². The third kappa shape index (κ3) is 14.4. The van der Waals surface area contributed by atoms with Crippen LogP contribution in [0.5, 0.6) is 0 Å². The summed E-state index contributed by atoms with van der Waals surface area (Å²) in [5.74, 6) is -4.27. The Balaban J connectivity index is 3.77. The molecule has 0 fully saturated rings. The van der Waals surface area contributed by atoms with E-state index in [4.69, 9.17) is 9.29 Å². The lowest BCUT2D eigenvalue weighted by Crippen LogP contribution is -2.56. The van der Waals surface area contributed by atoms with Gasteiger partial charge in [-0.15, -0.1) is 0 Å². The van der Waals surface area contributed by atoms with Crippen LogP contribution in [0.15, 0.2) is 0 Å². The summed E-state index contributed by atoms with van der Waals surface area (Å²) in [5, 5.41) is 19.1. The first-order valence-corrected chi connectivity index (χ1v) is 12.2. The highest BCUT2D eigenvalue weighted by Crippen LogP contribution is 2.14. The highest BCUT2D eigenvalue weighted by Gasteiger charge is 2.35. The molecule has 0 radical (unpaired) electrons. The molecule has 0 aliphatic heterocycles. The van der Waals surface area contributed by atoms with Crippen LogP contribution in [0.2, 0.25) is 0 Å². The van der Waals surface area contributed by atoms with Crippen LogP contribution in [0.25, 0.3) is 0 Å². The van der Waals surface area contributed by atoms with Crippen molar-refractivity contribution in [2.75, 3.05) is 6.61 Å². The number of carbonyl (C=O) groups is 2. The van der Waals surface area contributed by atoms with Crippen LogP contribution >= 0.6 is 0 Å². The van der Waals surface area contributed by atoms with Gasteiger partial charge in [-0.05, 0) is 6.42 Å². The van der Waals surface area contributed by atoms with E-state index in [0.717, 1.165) is 25.7 Å². The second-order valence-corrected chi connectivity index (χ2v) is 9.00. The third-order valence-corrected chi connectivity index (χ3v) is 5.94. The van der Waals surface area contributed by atoms with Crippen molar-refractivity contribution in [1.82, 2.24) is 0 Å². The van der Waals surface area contributed by atoms with E-state index in [1.165, 1.54) is 57.8 Å². The summed E-state index contributed by atoms with van der Waals surface area (Å²) < 4.78 is 35.8. The third-order valence-electron chi connectivity index (χ3n) is 4.86. The average Bonchev–Trinajstić information content (AvgIpc) is 2.62. The smallest absolute Gasteiger partial charge is 0.276 e. The van der Waals surface area contributed by atoms with Crippen molar-refractivity contribution in [3.63, 3.8) is 0 Å². The molecule has 8 nitrogen and oxygen atoms in total. The average molecular weight is 437 g/mol. The number of carboxylic acids is 2. The van der Waals surface area contributed by atoms with Gasteiger partial charge in [0.05, 0.1) is 11.9 Å². The Morgan fingerprint density at radius 1 is 0.759 bits per heavy atom. The molecular weight excluding hydrogens is 400 g/mol. The van der Waals surface area contributed by atoms with Crippen molar-refractivity contribution in [3.8, 4) is 0 Å². The Labute approximate surface area is 174 Å². The molecular formula is C20H36O8S-2. The van der Waals surface area contributed by atoms with E-state index in [1.807, 2.05) is 0 Å². The Morgan fingerprint density at radius 2 is 1.14 bits per heavy atom. The zero-order chi connectivity index (χ0) is 22.1. The lowest BCUT2D eigenvalue weighted by molar-refractivity contribution is -0.325. The first-order chi connectivity index (χ1) is 13.7. The second kappa shape index (κ2) is 16.6. The van der Waals surface area contributed by atoms with Gasteiger partial charge in [0.15, 0.2) is 5.25 Å². The molecule has 0 saturated carbocycles. The molecule has 0 aliphatic rings. The monoisotopic (exact) mass is 436 g/mol. The van der Waals surface area contributed by atoms with Crippen LogP contribution < -0.4 is 10.2 Å².